The summed E-state index contributed by atoms with van der Waals surface area (Å²) in [5.41, 5.74) is 1.40. The van der Waals surface area contributed by atoms with Crippen LogP contribution in [0.15, 0.2) is 41.1 Å². The summed E-state index contributed by atoms with van der Waals surface area (Å²) in [7, 11) is 0. The molecule has 8 nitrogen and oxygen atoms in total. The Morgan fingerprint density at radius 1 is 1.32 bits per heavy atom. The lowest BCUT2D eigenvalue weighted by molar-refractivity contribution is -0.385. The Bertz CT molecular complexity index is 794. The molecule has 112 valence electrons. The van der Waals surface area contributed by atoms with Crippen molar-refractivity contribution in [3.8, 4) is 11.4 Å². The molecule has 8 heteroatoms. The first-order chi connectivity index (χ1) is 10.6. The number of nitro groups is 1. The van der Waals surface area contributed by atoms with Crippen molar-refractivity contribution >= 4 is 5.69 Å². The van der Waals surface area contributed by atoms with Gasteiger partial charge in [-0.1, -0.05) is 35.5 Å². The molecule has 0 aliphatic rings. The van der Waals surface area contributed by atoms with E-state index < -0.39 is 4.92 Å². The average Bonchev–Trinajstić information content (AvgIpc) is 3.13. The smallest absolute Gasteiger partial charge is 0.309 e. The first-order valence-electron chi connectivity index (χ1n) is 6.70. The molecule has 0 unspecified atom stereocenters. The standard InChI is InChI=1S/C14H13N5O3/c1-10-12(19(20)21)9-15-18(10)8-7-13-16-14(17-22-13)11-5-3-2-4-6-11/h2-6,9H,7-8H2,1H3. The van der Waals surface area contributed by atoms with E-state index in [0.717, 1.165) is 5.56 Å². The minimum atomic E-state index is -0.445. The predicted octanol–water partition coefficient (Wildman–Crippen LogP) is 2.39. The van der Waals surface area contributed by atoms with Gasteiger partial charge in [0.05, 0.1) is 11.5 Å². The van der Waals surface area contributed by atoms with Gasteiger partial charge in [0.1, 0.15) is 11.9 Å². The Labute approximate surface area is 125 Å². The van der Waals surface area contributed by atoms with Gasteiger partial charge in [0.15, 0.2) is 0 Å². The van der Waals surface area contributed by atoms with E-state index in [4.69, 9.17) is 4.52 Å². The zero-order chi connectivity index (χ0) is 15.5. The minimum Gasteiger partial charge on any atom is -0.339 e. The SMILES string of the molecule is Cc1c([N+](=O)[O-])cnn1CCc1nc(-c2ccccc2)no1. The van der Waals surface area contributed by atoms with Gasteiger partial charge in [-0.2, -0.15) is 10.1 Å². The molecule has 0 aliphatic heterocycles. The highest BCUT2D eigenvalue weighted by atomic mass is 16.6. The summed E-state index contributed by atoms with van der Waals surface area (Å²) in [6.45, 7) is 2.10. The highest BCUT2D eigenvalue weighted by molar-refractivity contribution is 5.53. The maximum atomic E-state index is 10.8. The second kappa shape index (κ2) is 5.76. The summed E-state index contributed by atoms with van der Waals surface area (Å²) < 4.78 is 6.76. The third-order valence-corrected chi connectivity index (χ3v) is 3.31. The summed E-state index contributed by atoms with van der Waals surface area (Å²) in [5.74, 6) is 0.996. The number of hydrogen-bond acceptors (Lipinski definition) is 6. The third kappa shape index (κ3) is 2.71. The lowest BCUT2D eigenvalue weighted by atomic mass is 10.2. The van der Waals surface area contributed by atoms with E-state index in [1.165, 1.54) is 6.20 Å². The van der Waals surface area contributed by atoms with Crippen molar-refractivity contribution in [3.05, 3.63) is 58.2 Å². The Balaban J connectivity index is 1.70. The molecule has 22 heavy (non-hydrogen) atoms. The molecule has 3 aromatic rings. The van der Waals surface area contributed by atoms with Crippen LogP contribution in [0.1, 0.15) is 11.6 Å². The quantitative estimate of drug-likeness (QED) is 0.529. The van der Waals surface area contributed by atoms with Crippen LogP contribution in [0.5, 0.6) is 0 Å². The van der Waals surface area contributed by atoms with Gasteiger partial charge in [-0.05, 0) is 6.92 Å². The molecule has 2 heterocycles. The summed E-state index contributed by atoms with van der Waals surface area (Å²) in [6.07, 6.45) is 1.71. The second-order valence-corrected chi connectivity index (χ2v) is 4.72. The van der Waals surface area contributed by atoms with Crippen LogP contribution in [0, 0.1) is 17.0 Å². The van der Waals surface area contributed by atoms with Crippen molar-refractivity contribution in [3.63, 3.8) is 0 Å². The molecule has 0 atom stereocenters. The zero-order valence-corrected chi connectivity index (χ0v) is 11.8. The van der Waals surface area contributed by atoms with Crippen LogP contribution in [-0.2, 0) is 13.0 Å². The molecule has 3 rings (SSSR count). The van der Waals surface area contributed by atoms with E-state index in [1.54, 1.807) is 11.6 Å². The number of benzene rings is 1. The highest BCUT2D eigenvalue weighted by Crippen LogP contribution is 2.18. The van der Waals surface area contributed by atoms with Gasteiger partial charge < -0.3 is 4.52 Å². The Kier molecular flexibility index (Phi) is 3.65. The number of nitrogens with zero attached hydrogens (tertiary/aromatic N) is 5. The van der Waals surface area contributed by atoms with Crippen LogP contribution in [0.25, 0.3) is 11.4 Å². The van der Waals surface area contributed by atoms with E-state index in [-0.39, 0.29) is 5.69 Å². The predicted molar refractivity (Wildman–Crippen MR) is 77.1 cm³/mol. The lowest BCUT2D eigenvalue weighted by Crippen LogP contribution is -2.05. The number of aryl methyl sites for hydroxylation is 2. The Hall–Kier alpha value is -3.03. The molecule has 0 saturated heterocycles. The van der Waals surface area contributed by atoms with Crippen LogP contribution in [0.2, 0.25) is 0 Å². The average molecular weight is 299 g/mol. The summed E-state index contributed by atoms with van der Waals surface area (Å²) in [4.78, 5) is 14.6. The van der Waals surface area contributed by atoms with Crippen LogP contribution in [0.3, 0.4) is 0 Å². The van der Waals surface area contributed by atoms with Crippen LogP contribution >= 0.6 is 0 Å². The molecule has 2 aromatic heterocycles. The number of aromatic nitrogens is 4. The van der Waals surface area contributed by atoms with Gasteiger partial charge in [-0.25, -0.2) is 0 Å². The van der Waals surface area contributed by atoms with E-state index in [9.17, 15) is 10.1 Å². The summed E-state index contributed by atoms with van der Waals surface area (Å²) >= 11 is 0. The molecule has 1 aromatic carbocycles. The Morgan fingerprint density at radius 2 is 2.09 bits per heavy atom. The molecule has 0 aliphatic carbocycles. The van der Waals surface area contributed by atoms with Gasteiger partial charge in [-0.15, -0.1) is 0 Å². The van der Waals surface area contributed by atoms with E-state index in [1.807, 2.05) is 30.3 Å². The van der Waals surface area contributed by atoms with Gasteiger partial charge in [-0.3, -0.25) is 14.8 Å². The van der Waals surface area contributed by atoms with E-state index in [0.29, 0.717) is 30.4 Å². The van der Waals surface area contributed by atoms with Crippen molar-refractivity contribution in [2.75, 3.05) is 0 Å². The first kappa shape index (κ1) is 13.9. The van der Waals surface area contributed by atoms with E-state index in [2.05, 4.69) is 15.2 Å². The first-order valence-corrected chi connectivity index (χ1v) is 6.70. The lowest BCUT2D eigenvalue weighted by Gasteiger charge is -2.00. The van der Waals surface area contributed by atoms with Gasteiger partial charge in [0.2, 0.25) is 11.7 Å². The van der Waals surface area contributed by atoms with Crippen molar-refractivity contribution in [1.82, 2.24) is 19.9 Å². The molecule has 0 saturated carbocycles. The van der Waals surface area contributed by atoms with Crippen molar-refractivity contribution in [1.29, 1.82) is 0 Å². The summed E-state index contributed by atoms with van der Waals surface area (Å²) in [6, 6.07) is 9.51. The third-order valence-electron chi connectivity index (χ3n) is 3.31. The van der Waals surface area contributed by atoms with Crippen LogP contribution < -0.4 is 0 Å². The highest BCUT2D eigenvalue weighted by Gasteiger charge is 2.17. The maximum absolute atomic E-state index is 10.8. The molecule has 0 radical (unpaired) electrons. The molecule has 0 fully saturated rings. The van der Waals surface area contributed by atoms with Crippen LogP contribution in [0.4, 0.5) is 5.69 Å². The monoisotopic (exact) mass is 299 g/mol. The normalized spacial score (nSPS) is 10.8. The zero-order valence-electron chi connectivity index (χ0n) is 11.8. The largest absolute Gasteiger partial charge is 0.339 e. The van der Waals surface area contributed by atoms with Crippen molar-refractivity contribution in [2.45, 2.75) is 19.9 Å². The minimum absolute atomic E-state index is 0.00973. The second-order valence-electron chi connectivity index (χ2n) is 4.72. The maximum Gasteiger partial charge on any atom is 0.309 e. The summed E-state index contributed by atoms with van der Waals surface area (Å²) in [5, 5.41) is 18.7. The van der Waals surface area contributed by atoms with E-state index >= 15 is 0 Å². The molecule has 0 N–H and O–H groups in total. The fourth-order valence-electron chi connectivity index (χ4n) is 2.10. The van der Waals surface area contributed by atoms with Crippen LogP contribution in [-0.4, -0.2) is 24.8 Å². The molecule has 0 spiro atoms. The molecule has 0 amide bonds. The number of hydrogen-bond donors (Lipinski definition) is 0. The number of rotatable bonds is 5. The van der Waals surface area contributed by atoms with Gasteiger partial charge >= 0.3 is 5.69 Å². The van der Waals surface area contributed by atoms with Gasteiger partial charge in [0.25, 0.3) is 0 Å². The van der Waals surface area contributed by atoms with Gasteiger partial charge in [0, 0.05) is 12.0 Å². The topological polar surface area (TPSA) is 99.9 Å². The molecular weight excluding hydrogens is 286 g/mol. The molecule has 0 bridgehead atoms. The fraction of sp³-hybridized carbons (Fsp3) is 0.214. The van der Waals surface area contributed by atoms with Crippen molar-refractivity contribution < 1.29 is 9.45 Å². The molecular formula is C14H13N5O3. The Morgan fingerprint density at radius 3 is 2.77 bits per heavy atom. The fourth-order valence-corrected chi connectivity index (χ4v) is 2.10. The van der Waals surface area contributed by atoms with Crippen molar-refractivity contribution in [2.24, 2.45) is 0 Å².